The molecule has 0 unspecified atom stereocenters. The number of rotatable bonds is 7. The first-order valence-electron chi connectivity index (χ1n) is 8.53. The second-order valence-corrected chi connectivity index (χ2v) is 6.61. The summed E-state index contributed by atoms with van der Waals surface area (Å²) in [6, 6.07) is 3.27. The summed E-state index contributed by atoms with van der Waals surface area (Å²) in [6.45, 7) is 8.24. The van der Waals surface area contributed by atoms with Gasteiger partial charge in [0.15, 0.2) is 5.78 Å². The molecule has 0 aliphatic heterocycles. The van der Waals surface area contributed by atoms with Crippen molar-refractivity contribution < 1.29 is 29.0 Å². The summed E-state index contributed by atoms with van der Waals surface area (Å²) in [5.41, 5.74) is -1.22. The zero-order valence-corrected chi connectivity index (χ0v) is 15.2. The molecule has 4 atom stereocenters. The van der Waals surface area contributed by atoms with Gasteiger partial charge < -0.3 is 14.6 Å². The van der Waals surface area contributed by atoms with Crippen LogP contribution in [0.1, 0.15) is 24.8 Å². The highest BCUT2D eigenvalue weighted by Crippen LogP contribution is 2.46. The van der Waals surface area contributed by atoms with Crippen LogP contribution in [-0.2, 0) is 23.9 Å². The van der Waals surface area contributed by atoms with Crippen LogP contribution in [0.5, 0.6) is 0 Å². The quantitative estimate of drug-likeness (QED) is 0.440. The molecule has 1 aromatic heterocycles. The molecule has 1 aliphatic carbocycles. The van der Waals surface area contributed by atoms with Gasteiger partial charge in [-0.1, -0.05) is 31.4 Å². The van der Waals surface area contributed by atoms with E-state index in [2.05, 4.69) is 18.1 Å². The van der Waals surface area contributed by atoms with Crippen LogP contribution in [0.2, 0.25) is 0 Å². The maximum atomic E-state index is 12.7. The SMILES string of the molecule is C=CCOC(=O)[C@@H]1C(=O)C[C@](C)(O)[C@H](C(=O)OCC=C)[C@@H]1c1cccnc1. The number of ketones is 1. The Labute approximate surface area is 157 Å². The Morgan fingerprint density at radius 2 is 1.93 bits per heavy atom. The van der Waals surface area contributed by atoms with Crippen LogP contribution in [0.25, 0.3) is 0 Å². The summed E-state index contributed by atoms with van der Waals surface area (Å²) in [5, 5.41) is 10.8. The third-order valence-electron chi connectivity index (χ3n) is 4.53. The maximum Gasteiger partial charge on any atom is 0.317 e. The van der Waals surface area contributed by atoms with Crippen molar-refractivity contribution in [1.29, 1.82) is 0 Å². The van der Waals surface area contributed by atoms with E-state index in [4.69, 9.17) is 9.47 Å². The average molecular weight is 373 g/mol. The van der Waals surface area contributed by atoms with Gasteiger partial charge in [-0.05, 0) is 18.6 Å². The molecule has 0 spiro atoms. The zero-order valence-electron chi connectivity index (χ0n) is 15.2. The molecule has 1 aromatic rings. The van der Waals surface area contributed by atoms with E-state index < -0.39 is 41.1 Å². The molecular formula is C20H23NO6. The summed E-state index contributed by atoms with van der Waals surface area (Å²) in [7, 11) is 0. The van der Waals surface area contributed by atoms with Gasteiger partial charge in [0, 0.05) is 24.7 Å². The van der Waals surface area contributed by atoms with Crippen LogP contribution in [0, 0.1) is 11.8 Å². The molecule has 144 valence electrons. The Balaban J connectivity index is 2.53. The van der Waals surface area contributed by atoms with Gasteiger partial charge in [-0.3, -0.25) is 19.4 Å². The fraction of sp³-hybridized carbons (Fsp3) is 0.400. The number of aromatic nitrogens is 1. The van der Waals surface area contributed by atoms with Gasteiger partial charge in [-0.25, -0.2) is 0 Å². The molecular weight excluding hydrogens is 350 g/mol. The van der Waals surface area contributed by atoms with Gasteiger partial charge in [0.05, 0.1) is 11.5 Å². The Bertz CT molecular complexity index is 727. The first-order valence-corrected chi connectivity index (χ1v) is 8.53. The van der Waals surface area contributed by atoms with E-state index in [1.54, 1.807) is 12.1 Å². The standard InChI is InChI=1S/C20H23NO6/c1-4-9-26-18(23)16-14(22)11-20(3,25)17(19(24)27-10-5-2)15(16)13-7-6-8-21-12-13/h4-8,12,15-17,25H,1-2,9-11H2,3H3/t15-,16-,17+,20+/m1/s1. The van der Waals surface area contributed by atoms with Gasteiger partial charge in [0.25, 0.3) is 0 Å². The lowest BCUT2D eigenvalue weighted by Crippen LogP contribution is -2.55. The maximum absolute atomic E-state index is 12.7. The fourth-order valence-electron chi connectivity index (χ4n) is 3.45. The van der Waals surface area contributed by atoms with E-state index >= 15 is 0 Å². The lowest BCUT2D eigenvalue weighted by Gasteiger charge is -2.43. The lowest BCUT2D eigenvalue weighted by molar-refractivity contribution is -0.172. The summed E-state index contributed by atoms with van der Waals surface area (Å²) >= 11 is 0. The Morgan fingerprint density at radius 1 is 1.30 bits per heavy atom. The largest absolute Gasteiger partial charge is 0.461 e. The van der Waals surface area contributed by atoms with Gasteiger partial charge in [0.1, 0.15) is 19.1 Å². The van der Waals surface area contributed by atoms with Crippen molar-refractivity contribution in [2.24, 2.45) is 11.8 Å². The smallest absolute Gasteiger partial charge is 0.317 e. The number of aliphatic hydroxyl groups is 1. The fourth-order valence-corrected chi connectivity index (χ4v) is 3.45. The van der Waals surface area contributed by atoms with E-state index in [0.29, 0.717) is 5.56 Å². The molecule has 1 fully saturated rings. The van der Waals surface area contributed by atoms with Gasteiger partial charge in [-0.2, -0.15) is 0 Å². The van der Waals surface area contributed by atoms with Crippen LogP contribution in [0.3, 0.4) is 0 Å². The van der Waals surface area contributed by atoms with Crippen molar-refractivity contribution in [3.8, 4) is 0 Å². The number of nitrogens with zero attached hydrogens (tertiary/aromatic N) is 1. The van der Waals surface area contributed by atoms with E-state index in [0.717, 1.165) is 0 Å². The molecule has 1 aliphatic rings. The first-order chi connectivity index (χ1) is 12.8. The van der Waals surface area contributed by atoms with Gasteiger partial charge in [0.2, 0.25) is 0 Å². The molecule has 0 bridgehead atoms. The molecule has 0 saturated heterocycles. The molecule has 7 nitrogen and oxygen atoms in total. The topological polar surface area (TPSA) is 103 Å². The van der Waals surface area contributed by atoms with E-state index in [9.17, 15) is 19.5 Å². The van der Waals surface area contributed by atoms with Crippen LogP contribution < -0.4 is 0 Å². The average Bonchev–Trinajstić information content (AvgIpc) is 2.63. The molecule has 0 radical (unpaired) electrons. The molecule has 1 N–H and O–H groups in total. The van der Waals surface area contributed by atoms with Crippen molar-refractivity contribution in [3.05, 3.63) is 55.4 Å². The van der Waals surface area contributed by atoms with Gasteiger partial charge in [-0.15, -0.1) is 0 Å². The van der Waals surface area contributed by atoms with E-state index in [1.165, 1.54) is 31.5 Å². The molecule has 0 amide bonds. The predicted molar refractivity (Wildman–Crippen MR) is 96.5 cm³/mol. The van der Waals surface area contributed by atoms with Crippen LogP contribution in [-0.4, -0.2) is 46.6 Å². The molecule has 27 heavy (non-hydrogen) atoms. The second kappa shape index (κ2) is 8.73. The monoisotopic (exact) mass is 373 g/mol. The summed E-state index contributed by atoms with van der Waals surface area (Å²) in [5.74, 6) is -5.37. The third-order valence-corrected chi connectivity index (χ3v) is 4.53. The number of esters is 2. The normalized spacial score (nSPS) is 27.5. The Kier molecular flexibility index (Phi) is 6.63. The molecule has 1 saturated carbocycles. The second-order valence-electron chi connectivity index (χ2n) is 6.61. The number of carbonyl (C=O) groups is 3. The number of hydrogen-bond acceptors (Lipinski definition) is 7. The number of hydrogen-bond donors (Lipinski definition) is 1. The third kappa shape index (κ3) is 4.49. The first kappa shape index (κ1) is 20.5. The highest BCUT2D eigenvalue weighted by atomic mass is 16.5. The molecule has 1 heterocycles. The highest BCUT2D eigenvalue weighted by Gasteiger charge is 2.57. The van der Waals surface area contributed by atoms with Crippen LogP contribution in [0.4, 0.5) is 0 Å². The number of Topliss-reactive ketones (excluding diaryl/α,β-unsaturated/α-hetero) is 1. The van der Waals surface area contributed by atoms with E-state index in [1.807, 2.05) is 0 Å². The molecule has 0 aromatic carbocycles. The van der Waals surface area contributed by atoms with Crippen LogP contribution >= 0.6 is 0 Å². The minimum Gasteiger partial charge on any atom is -0.461 e. The van der Waals surface area contributed by atoms with E-state index in [-0.39, 0.29) is 19.6 Å². The zero-order chi connectivity index (χ0) is 20.0. The highest BCUT2D eigenvalue weighted by molar-refractivity contribution is 6.02. The number of ether oxygens (including phenoxy) is 2. The Morgan fingerprint density at radius 3 is 2.48 bits per heavy atom. The number of carbonyl (C=O) groups excluding carboxylic acids is 3. The van der Waals surface area contributed by atoms with Crippen molar-refractivity contribution in [3.63, 3.8) is 0 Å². The van der Waals surface area contributed by atoms with Crippen molar-refractivity contribution in [2.45, 2.75) is 24.9 Å². The van der Waals surface area contributed by atoms with Crippen molar-refractivity contribution >= 4 is 17.7 Å². The lowest BCUT2D eigenvalue weighted by atomic mass is 9.62. The summed E-state index contributed by atoms with van der Waals surface area (Å²) in [4.78, 5) is 42.0. The number of pyridine rings is 1. The minimum atomic E-state index is -1.69. The van der Waals surface area contributed by atoms with Crippen molar-refractivity contribution in [1.82, 2.24) is 4.98 Å². The predicted octanol–water partition coefficient (Wildman–Crippen LogP) is 1.58. The Hall–Kier alpha value is -2.80. The van der Waals surface area contributed by atoms with Crippen molar-refractivity contribution in [2.75, 3.05) is 13.2 Å². The minimum absolute atomic E-state index is 0.0509. The molecule has 7 heteroatoms. The summed E-state index contributed by atoms with van der Waals surface area (Å²) in [6.07, 6.45) is 5.40. The van der Waals surface area contributed by atoms with Gasteiger partial charge >= 0.3 is 11.9 Å². The summed E-state index contributed by atoms with van der Waals surface area (Å²) < 4.78 is 10.2. The molecule has 2 rings (SSSR count). The van der Waals surface area contributed by atoms with Crippen LogP contribution in [0.15, 0.2) is 49.8 Å².